The van der Waals surface area contributed by atoms with Crippen LogP contribution in [-0.2, 0) is 4.79 Å². The van der Waals surface area contributed by atoms with Gasteiger partial charge in [-0.05, 0) is 43.5 Å². The Balaban J connectivity index is 2.20. The van der Waals surface area contributed by atoms with Crippen LogP contribution in [0.3, 0.4) is 0 Å². The van der Waals surface area contributed by atoms with Crippen LogP contribution in [0.15, 0.2) is 23.3 Å². The maximum absolute atomic E-state index is 11.6. The number of ether oxygens (including phenoxy) is 1. The van der Waals surface area contributed by atoms with E-state index in [1.807, 2.05) is 6.92 Å². The molecule has 1 rings (SSSR count). The molecule has 0 unspecified atom stereocenters. The van der Waals surface area contributed by atoms with Crippen molar-refractivity contribution in [1.82, 2.24) is 5.43 Å². The van der Waals surface area contributed by atoms with Crippen molar-refractivity contribution < 1.29 is 9.53 Å². The first kappa shape index (κ1) is 17.5. The Morgan fingerprint density at radius 2 is 2.19 bits per heavy atom. The van der Waals surface area contributed by atoms with Crippen molar-refractivity contribution in [2.75, 3.05) is 6.61 Å². The quantitative estimate of drug-likeness (QED) is 0.424. The van der Waals surface area contributed by atoms with Gasteiger partial charge in [0, 0.05) is 11.2 Å². The number of hydrazone groups is 1. The number of halogens is 1. The highest BCUT2D eigenvalue weighted by molar-refractivity contribution is 6.30. The number of hydrogen-bond acceptors (Lipinski definition) is 3. The summed E-state index contributed by atoms with van der Waals surface area (Å²) in [5.41, 5.74) is 3.35. The molecule has 0 bridgehead atoms. The molecule has 116 valence electrons. The zero-order chi connectivity index (χ0) is 15.5. The van der Waals surface area contributed by atoms with Gasteiger partial charge in [0.25, 0.3) is 5.91 Å². The summed E-state index contributed by atoms with van der Waals surface area (Å²) in [4.78, 5) is 11.6. The normalized spacial score (nSPS) is 10.8. The van der Waals surface area contributed by atoms with E-state index in [0.717, 1.165) is 18.4 Å². The molecule has 1 N–H and O–H groups in total. The van der Waals surface area contributed by atoms with Gasteiger partial charge in [0.1, 0.15) is 5.75 Å². The lowest BCUT2D eigenvalue weighted by atomic mass is 10.2. The summed E-state index contributed by atoms with van der Waals surface area (Å²) < 4.78 is 5.42. The topological polar surface area (TPSA) is 50.7 Å². The molecule has 1 aromatic rings. The molecular formula is C16H23ClN2O2. The standard InChI is InChI=1S/C16H23ClN2O2/c1-3-4-5-6-7-10-18-19-16(20)12-21-15-9-8-14(17)11-13(15)2/h8-11H,3-7,12H2,1-2H3,(H,19,20). The molecule has 0 aliphatic carbocycles. The van der Waals surface area contributed by atoms with Crippen LogP contribution in [0.5, 0.6) is 5.75 Å². The van der Waals surface area contributed by atoms with Gasteiger partial charge in [-0.2, -0.15) is 5.10 Å². The van der Waals surface area contributed by atoms with Crippen molar-refractivity contribution in [2.45, 2.75) is 46.0 Å². The maximum Gasteiger partial charge on any atom is 0.277 e. The van der Waals surface area contributed by atoms with Crippen LogP contribution in [0.25, 0.3) is 0 Å². The second-order valence-electron chi connectivity index (χ2n) is 4.89. The molecule has 5 heteroatoms. The number of carbonyl (C=O) groups is 1. The number of unbranched alkanes of at least 4 members (excludes halogenated alkanes) is 4. The summed E-state index contributed by atoms with van der Waals surface area (Å²) in [6.07, 6.45) is 7.39. The fourth-order valence-electron chi connectivity index (χ4n) is 1.79. The first-order valence-electron chi connectivity index (χ1n) is 7.32. The number of rotatable bonds is 9. The maximum atomic E-state index is 11.6. The minimum atomic E-state index is -0.269. The third-order valence-corrected chi connectivity index (χ3v) is 3.20. The van der Waals surface area contributed by atoms with E-state index < -0.39 is 0 Å². The number of aryl methyl sites for hydroxylation is 1. The Bertz CT molecular complexity index is 475. The van der Waals surface area contributed by atoms with Crippen LogP contribution < -0.4 is 10.2 Å². The number of amides is 1. The van der Waals surface area contributed by atoms with Crippen LogP contribution in [-0.4, -0.2) is 18.7 Å². The molecule has 0 aliphatic rings. The third kappa shape index (κ3) is 7.71. The molecule has 1 amide bonds. The fourth-order valence-corrected chi connectivity index (χ4v) is 2.02. The molecule has 0 spiro atoms. The van der Waals surface area contributed by atoms with Crippen molar-refractivity contribution in [3.8, 4) is 5.75 Å². The Morgan fingerprint density at radius 1 is 1.38 bits per heavy atom. The summed E-state index contributed by atoms with van der Waals surface area (Å²) in [6, 6.07) is 5.28. The smallest absolute Gasteiger partial charge is 0.277 e. The number of benzene rings is 1. The molecule has 1 aromatic carbocycles. The molecular weight excluding hydrogens is 288 g/mol. The van der Waals surface area contributed by atoms with Gasteiger partial charge in [-0.1, -0.05) is 37.8 Å². The van der Waals surface area contributed by atoms with E-state index in [1.54, 1.807) is 24.4 Å². The molecule has 0 heterocycles. The van der Waals surface area contributed by atoms with Crippen molar-refractivity contribution in [1.29, 1.82) is 0 Å². The van der Waals surface area contributed by atoms with Gasteiger partial charge in [-0.25, -0.2) is 5.43 Å². The van der Waals surface area contributed by atoms with Crippen LogP contribution in [0.2, 0.25) is 5.02 Å². The van der Waals surface area contributed by atoms with E-state index in [9.17, 15) is 4.79 Å². The predicted molar refractivity (Wildman–Crippen MR) is 87.1 cm³/mol. The largest absolute Gasteiger partial charge is 0.483 e. The Kier molecular flexibility index (Phi) is 8.51. The minimum Gasteiger partial charge on any atom is -0.483 e. The first-order valence-corrected chi connectivity index (χ1v) is 7.70. The highest BCUT2D eigenvalue weighted by atomic mass is 35.5. The Hall–Kier alpha value is -1.55. The van der Waals surface area contributed by atoms with E-state index in [1.165, 1.54) is 19.3 Å². The first-order chi connectivity index (χ1) is 10.1. The Labute approximate surface area is 131 Å². The molecule has 0 saturated heterocycles. The van der Waals surface area contributed by atoms with E-state index in [0.29, 0.717) is 10.8 Å². The van der Waals surface area contributed by atoms with E-state index in [2.05, 4.69) is 17.5 Å². The van der Waals surface area contributed by atoms with E-state index in [4.69, 9.17) is 16.3 Å². The monoisotopic (exact) mass is 310 g/mol. The number of hydrogen-bond donors (Lipinski definition) is 1. The van der Waals surface area contributed by atoms with Crippen LogP contribution in [0, 0.1) is 6.92 Å². The number of carbonyl (C=O) groups excluding carboxylic acids is 1. The zero-order valence-corrected chi connectivity index (χ0v) is 13.4. The van der Waals surface area contributed by atoms with Crippen LogP contribution in [0.1, 0.15) is 44.6 Å². The molecule has 0 atom stereocenters. The van der Waals surface area contributed by atoms with Gasteiger partial charge < -0.3 is 4.74 Å². The molecule has 0 fully saturated rings. The summed E-state index contributed by atoms with van der Waals surface area (Å²) in [7, 11) is 0. The molecule has 0 aromatic heterocycles. The Morgan fingerprint density at radius 3 is 2.90 bits per heavy atom. The summed E-state index contributed by atoms with van der Waals surface area (Å²) >= 11 is 5.86. The zero-order valence-electron chi connectivity index (χ0n) is 12.7. The lowest BCUT2D eigenvalue weighted by molar-refractivity contribution is -0.123. The summed E-state index contributed by atoms with van der Waals surface area (Å²) in [5, 5.41) is 4.54. The molecule has 0 radical (unpaired) electrons. The summed E-state index contributed by atoms with van der Waals surface area (Å²) in [6.45, 7) is 4.00. The van der Waals surface area contributed by atoms with Crippen LogP contribution >= 0.6 is 11.6 Å². The molecule has 0 aliphatic heterocycles. The van der Waals surface area contributed by atoms with Gasteiger partial charge in [0.05, 0.1) is 0 Å². The highest BCUT2D eigenvalue weighted by Crippen LogP contribution is 2.21. The van der Waals surface area contributed by atoms with Crippen molar-refractivity contribution >= 4 is 23.7 Å². The van der Waals surface area contributed by atoms with Crippen molar-refractivity contribution in [3.63, 3.8) is 0 Å². The summed E-state index contributed by atoms with van der Waals surface area (Å²) in [5.74, 6) is 0.382. The number of nitrogens with one attached hydrogen (secondary N) is 1. The average molecular weight is 311 g/mol. The third-order valence-electron chi connectivity index (χ3n) is 2.96. The van der Waals surface area contributed by atoms with Crippen molar-refractivity contribution in [3.05, 3.63) is 28.8 Å². The molecule has 4 nitrogen and oxygen atoms in total. The van der Waals surface area contributed by atoms with E-state index in [-0.39, 0.29) is 12.5 Å². The lowest BCUT2D eigenvalue weighted by Gasteiger charge is -2.08. The SMILES string of the molecule is CCCCCCC=NNC(=O)COc1ccc(Cl)cc1C. The van der Waals surface area contributed by atoms with Crippen LogP contribution in [0.4, 0.5) is 0 Å². The minimum absolute atomic E-state index is 0.0599. The number of nitrogens with zero attached hydrogens (tertiary/aromatic N) is 1. The van der Waals surface area contributed by atoms with E-state index >= 15 is 0 Å². The molecule has 21 heavy (non-hydrogen) atoms. The molecule has 0 saturated carbocycles. The fraction of sp³-hybridized carbons (Fsp3) is 0.500. The van der Waals surface area contributed by atoms with Gasteiger partial charge in [-0.15, -0.1) is 0 Å². The lowest BCUT2D eigenvalue weighted by Crippen LogP contribution is -2.24. The van der Waals surface area contributed by atoms with Gasteiger partial charge in [0.15, 0.2) is 6.61 Å². The van der Waals surface area contributed by atoms with Gasteiger partial charge in [-0.3, -0.25) is 4.79 Å². The van der Waals surface area contributed by atoms with Crippen molar-refractivity contribution in [2.24, 2.45) is 5.10 Å². The predicted octanol–water partition coefficient (Wildman–Crippen LogP) is 4.10. The highest BCUT2D eigenvalue weighted by Gasteiger charge is 2.04. The van der Waals surface area contributed by atoms with Gasteiger partial charge >= 0.3 is 0 Å². The second kappa shape index (κ2) is 10.2. The second-order valence-corrected chi connectivity index (χ2v) is 5.33. The van der Waals surface area contributed by atoms with Gasteiger partial charge in [0.2, 0.25) is 0 Å². The average Bonchev–Trinajstić information content (AvgIpc) is 2.45.